The van der Waals surface area contributed by atoms with Crippen molar-refractivity contribution in [3.63, 3.8) is 0 Å². The predicted molar refractivity (Wildman–Crippen MR) is 106 cm³/mol. The van der Waals surface area contributed by atoms with Gasteiger partial charge in [0.1, 0.15) is 0 Å². The summed E-state index contributed by atoms with van der Waals surface area (Å²) in [7, 11) is 0. The van der Waals surface area contributed by atoms with E-state index in [1.54, 1.807) is 4.68 Å². The minimum absolute atomic E-state index is 0.134. The van der Waals surface area contributed by atoms with E-state index in [1.807, 2.05) is 43.3 Å². The number of hydrogen-bond donors (Lipinski definition) is 1. The van der Waals surface area contributed by atoms with E-state index in [4.69, 9.17) is 11.6 Å². The molecule has 2 aromatic heterocycles. The Labute approximate surface area is 168 Å². The van der Waals surface area contributed by atoms with Crippen LogP contribution < -0.4 is 5.32 Å². The molecule has 4 rings (SSSR count). The van der Waals surface area contributed by atoms with Gasteiger partial charge in [0.15, 0.2) is 5.69 Å². The zero-order valence-corrected chi connectivity index (χ0v) is 17.1. The number of benzene rings is 1. The van der Waals surface area contributed by atoms with E-state index >= 15 is 0 Å². The normalized spacial score (nSPS) is 15.0. The average molecular weight is 452 g/mol. The lowest BCUT2D eigenvalue weighted by Crippen LogP contribution is -2.27. The van der Waals surface area contributed by atoms with Crippen molar-refractivity contribution in [3.05, 3.63) is 61.5 Å². The Morgan fingerprint density at radius 3 is 2.65 bits per heavy atom. The molecule has 0 aliphatic heterocycles. The SMILES string of the molecule is CC(NC(=O)c1nnn(-c2ccc(Br)cc2)c1C1CC1)c1ccc(Cl)s1. The van der Waals surface area contributed by atoms with Gasteiger partial charge in [-0.3, -0.25) is 4.79 Å². The van der Waals surface area contributed by atoms with E-state index in [0.717, 1.165) is 33.6 Å². The average Bonchev–Trinajstić information content (AvgIpc) is 3.20. The molecule has 1 aromatic carbocycles. The number of amides is 1. The molecule has 1 N–H and O–H groups in total. The highest BCUT2D eigenvalue weighted by molar-refractivity contribution is 9.10. The molecule has 1 atom stereocenters. The molecule has 3 aromatic rings. The summed E-state index contributed by atoms with van der Waals surface area (Å²) in [5, 5.41) is 11.5. The minimum Gasteiger partial charge on any atom is -0.343 e. The van der Waals surface area contributed by atoms with Gasteiger partial charge in [-0.15, -0.1) is 16.4 Å². The van der Waals surface area contributed by atoms with Crippen molar-refractivity contribution in [1.29, 1.82) is 0 Å². The van der Waals surface area contributed by atoms with Crippen LogP contribution in [-0.4, -0.2) is 20.9 Å². The molecule has 1 unspecified atom stereocenters. The molecule has 134 valence electrons. The lowest BCUT2D eigenvalue weighted by Gasteiger charge is -2.12. The summed E-state index contributed by atoms with van der Waals surface area (Å²) in [5.41, 5.74) is 2.20. The largest absolute Gasteiger partial charge is 0.343 e. The van der Waals surface area contributed by atoms with Crippen LogP contribution in [0.3, 0.4) is 0 Å². The number of carbonyl (C=O) groups excluding carboxylic acids is 1. The van der Waals surface area contributed by atoms with E-state index in [9.17, 15) is 4.79 Å². The zero-order chi connectivity index (χ0) is 18.3. The van der Waals surface area contributed by atoms with Crippen molar-refractivity contribution in [1.82, 2.24) is 20.3 Å². The van der Waals surface area contributed by atoms with Gasteiger partial charge in [0.2, 0.25) is 0 Å². The van der Waals surface area contributed by atoms with Crippen LogP contribution in [0.25, 0.3) is 5.69 Å². The number of halogens is 2. The van der Waals surface area contributed by atoms with Crippen LogP contribution in [0.5, 0.6) is 0 Å². The van der Waals surface area contributed by atoms with Gasteiger partial charge in [-0.1, -0.05) is 32.7 Å². The number of rotatable bonds is 5. The highest BCUT2D eigenvalue weighted by Crippen LogP contribution is 2.42. The second-order valence-electron chi connectivity index (χ2n) is 6.32. The van der Waals surface area contributed by atoms with Gasteiger partial charge < -0.3 is 5.32 Å². The van der Waals surface area contributed by atoms with E-state index in [-0.39, 0.29) is 11.9 Å². The fraction of sp³-hybridized carbons (Fsp3) is 0.278. The smallest absolute Gasteiger partial charge is 0.274 e. The summed E-state index contributed by atoms with van der Waals surface area (Å²) in [4.78, 5) is 13.8. The van der Waals surface area contributed by atoms with E-state index in [2.05, 4.69) is 31.6 Å². The van der Waals surface area contributed by atoms with Crippen LogP contribution in [0, 0.1) is 0 Å². The summed E-state index contributed by atoms with van der Waals surface area (Å²) < 4.78 is 3.49. The number of hydrogen-bond acceptors (Lipinski definition) is 4. The third-order valence-corrected chi connectivity index (χ3v) is 6.27. The van der Waals surface area contributed by atoms with E-state index in [1.165, 1.54) is 11.3 Å². The first kappa shape index (κ1) is 17.7. The molecule has 0 radical (unpaired) electrons. The van der Waals surface area contributed by atoms with E-state index in [0.29, 0.717) is 15.9 Å². The summed E-state index contributed by atoms with van der Waals surface area (Å²) in [6, 6.07) is 11.5. The molecule has 1 fully saturated rings. The Bertz CT molecular complexity index is 949. The zero-order valence-electron chi connectivity index (χ0n) is 13.9. The molecule has 5 nitrogen and oxygen atoms in total. The van der Waals surface area contributed by atoms with Crippen molar-refractivity contribution >= 4 is 44.8 Å². The fourth-order valence-corrected chi connectivity index (χ4v) is 4.17. The van der Waals surface area contributed by atoms with Crippen molar-refractivity contribution < 1.29 is 4.79 Å². The Kier molecular flexibility index (Phi) is 4.86. The highest BCUT2D eigenvalue weighted by atomic mass is 79.9. The first-order chi connectivity index (χ1) is 12.5. The first-order valence-corrected chi connectivity index (χ1v) is 10.3. The van der Waals surface area contributed by atoms with Gasteiger partial charge in [-0.25, -0.2) is 4.68 Å². The topological polar surface area (TPSA) is 59.8 Å². The molecule has 0 bridgehead atoms. The summed E-state index contributed by atoms with van der Waals surface area (Å²) >= 11 is 10.9. The van der Waals surface area contributed by atoms with Crippen LogP contribution in [-0.2, 0) is 0 Å². The summed E-state index contributed by atoms with van der Waals surface area (Å²) in [5.74, 6) is 0.133. The maximum Gasteiger partial charge on any atom is 0.274 e. The monoisotopic (exact) mass is 450 g/mol. The number of carbonyl (C=O) groups is 1. The van der Waals surface area contributed by atoms with Crippen molar-refractivity contribution in [2.75, 3.05) is 0 Å². The van der Waals surface area contributed by atoms with Crippen LogP contribution in [0.15, 0.2) is 40.9 Å². The van der Waals surface area contributed by atoms with Crippen LogP contribution in [0.2, 0.25) is 4.34 Å². The highest BCUT2D eigenvalue weighted by Gasteiger charge is 2.34. The predicted octanol–water partition coefficient (Wildman–Crippen LogP) is 5.11. The van der Waals surface area contributed by atoms with Gasteiger partial charge in [0.25, 0.3) is 5.91 Å². The number of nitrogens with one attached hydrogen (secondary N) is 1. The van der Waals surface area contributed by atoms with Gasteiger partial charge in [0.05, 0.1) is 21.8 Å². The Morgan fingerprint density at radius 2 is 2.04 bits per heavy atom. The van der Waals surface area contributed by atoms with Crippen LogP contribution in [0.4, 0.5) is 0 Å². The lowest BCUT2D eigenvalue weighted by molar-refractivity contribution is 0.0934. The molecule has 2 heterocycles. The molecule has 1 aliphatic rings. The van der Waals surface area contributed by atoms with Gasteiger partial charge >= 0.3 is 0 Å². The Morgan fingerprint density at radius 1 is 1.31 bits per heavy atom. The third kappa shape index (κ3) is 3.56. The van der Waals surface area contributed by atoms with Crippen molar-refractivity contribution in [2.45, 2.75) is 31.7 Å². The summed E-state index contributed by atoms with van der Waals surface area (Å²) in [6.07, 6.45) is 2.11. The molecule has 0 saturated heterocycles. The van der Waals surface area contributed by atoms with Gasteiger partial charge in [0, 0.05) is 15.3 Å². The molecule has 26 heavy (non-hydrogen) atoms. The third-order valence-electron chi connectivity index (χ3n) is 4.32. The van der Waals surface area contributed by atoms with Crippen molar-refractivity contribution in [2.24, 2.45) is 0 Å². The molecule has 1 amide bonds. The maximum absolute atomic E-state index is 12.8. The Hall–Kier alpha value is -1.70. The van der Waals surface area contributed by atoms with Crippen LogP contribution >= 0.6 is 38.9 Å². The number of nitrogens with zero attached hydrogens (tertiary/aromatic N) is 3. The van der Waals surface area contributed by atoms with Gasteiger partial charge in [-0.05, 0) is 56.2 Å². The molecule has 1 saturated carbocycles. The number of aromatic nitrogens is 3. The van der Waals surface area contributed by atoms with Gasteiger partial charge in [-0.2, -0.15) is 0 Å². The summed E-state index contributed by atoms with van der Waals surface area (Å²) in [6.45, 7) is 1.94. The van der Waals surface area contributed by atoms with E-state index < -0.39 is 0 Å². The minimum atomic E-state index is -0.202. The van der Waals surface area contributed by atoms with Crippen molar-refractivity contribution in [3.8, 4) is 5.69 Å². The molecular formula is C18H16BrClN4OS. The standard InChI is InChI=1S/C18H16BrClN4OS/c1-10(14-8-9-15(20)26-14)21-18(25)16-17(11-2-3-11)24(23-22-16)13-6-4-12(19)5-7-13/h4-11H,2-3H2,1H3,(H,21,25). The second-order valence-corrected chi connectivity index (χ2v) is 8.99. The fourth-order valence-electron chi connectivity index (χ4n) is 2.84. The Balaban J connectivity index is 1.62. The number of thiophene rings is 1. The lowest BCUT2D eigenvalue weighted by atomic mass is 10.2. The maximum atomic E-state index is 12.8. The molecular weight excluding hydrogens is 436 g/mol. The second kappa shape index (κ2) is 7.13. The van der Waals surface area contributed by atoms with Crippen LogP contribution in [0.1, 0.15) is 52.8 Å². The molecule has 8 heteroatoms. The molecule has 1 aliphatic carbocycles. The first-order valence-electron chi connectivity index (χ1n) is 8.30. The quantitative estimate of drug-likeness (QED) is 0.586. The molecule has 0 spiro atoms.